The molecule has 0 fully saturated rings. The van der Waals surface area contributed by atoms with E-state index in [9.17, 15) is 4.79 Å². The Bertz CT molecular complexity index is 294. The number of halogens is 1. The van der Waals surface area contributed by atoms with Gasteiger partial charge in [0.05, 0.1) is 10.6 Å². The number of hydroxylamine groups is 1. The summed E-state index contributed by atoms with van der Waals surface area (Å²) >= 11 is 5.65. The second-order valence-electron chi connectivity index (χ2n) is 2.14. The molecule has 0 atom stereocenters. The summed E-state index contributed by atoms with van der Waals surface area (Å²) in [5, 5.41) is 8.53. The first-order valence-electron chi connectivity index (χ1n) is 3.15. The van der Waals surface area contributed by atoms with Crippen LogP contribution in [0.25, 0.3) is 0 Å². The van der Waals surface area contributed by atoms with Gasteiger partial charge < -0.3 is 5.73 Å². The maximum atomic E-state index is 10.9. The molecule has 0 spiro atoms. The van der Waals surface area contributed by atoms with Crippen molar-refractivity contribution in [2.75, 3.05) is 5.73 Å². The van der Waals surface area contributed by atoms with Gasteiger partial charge in [0.25, 0.3) is 5.91 Å². The number of carbonyl (C=O) groups excluding carboxylic acids is 1. The lowest BCUT2D eigenvalue weighted by molar-refractivity contribution is 0.0707. The van der Waals surface area contributed by atoms with Crippen molar-refractivity contribution in [2.45, 2.75) is 0 Å². The number of nitrogens with one attached hydrogen (secondary N) is 1. The van der Waals surface area contributed by atoms with Crippen LogP contribution in [-0.2, 0) is 0 Å². The number of amides is 1. The van der Waals surface area contributed by atoms with Crippen molar-refractivity contribution in [1.82, 2.24) is 5.48 Å². The fourth-order valence-corrected chi connectivity index (χ4v) is 1.10. The molecule has 0 saturated carbocycles. The lowest BCUT2D eigenvalue weighted by Crippen LogP contribution is -2.20. The minimum absolute atomic E-state index is 0.0849. The summed E-state index contributed by atoms with van der Waals surface area (Å²) in [6, 6.07) is 4.66. The Labute approximate surface area is 73.9 Å². The Kier molecular flexibility index (Phi) is 2.52. The molecule has 0 aliphatic carbocycles. The zero-order valence-electron chi connectivity index (χ0n) is 6.04. The molecular formula is C7H7ClN2O2. The van der Waals surface area contributed by atoms with Gasteiger partial charge in [-0.05, 0) is 12.1 Å². The summed E-state index contributed by atoms with van der Waals surface area (Å²) in [6.07, 6.45) is 0. The molecule has 1 aromatic carbocycles. The largest absolute Gasteiger partial charge is 0.398 e. The molecular weight excluding hydrogens is 180 g/mol. The molecule has 1 rings (SSSR count). The summed E-state index contributed by atoms with van der Waals surface area (Å²) in [5.41, 5.74) is 7.22. The van der Waals surface area contributed by atoms with Crippen molar-refractivity contribution in [3.05, 3.63) is 28.8 Å². The van der Waals surface area contributed by atoms with Crippen molar-refractivity contribution < 1.29 is 10.0 Å². The van der Waals surface area contributed by atoms with Crippen molar-refractivity contribution in [3.8, 4) is 0 Å². The van der Waals surface area contributed by atoms with Crippen LogP contribution in [0.4, 0.5) is 5.69 Å². The Morgan fingerprint density at radius 2 is 2.25 bits per heavy atom. The normalized spacial score (nSPS) is 9.50. The predicted molar refractivity (Wildman–Crippen MR) is 45.1 cm³/mol. The van der Waals surface area contributed by atoms with Crippen molar-refractivity contribution >= 4 is 23.2 Å². The number of nitrogens with two attached hydrogens (primary N) is 1. The van der Waals surface area contributed by atoms with Crippen LogP contribution >= 0.6 is 11.6 Å². The lowest BCUT2D eigenvalue weighted by Gasteiger charge is -2.04. The molecule has 64 valence electrons. The third-order valence-electron chi connectivity index (χ3n) is 1.37. The topological polar surface area (TPSA) is 75.4 Å². The molecule has 0 bridgehead atoms. The van der Waals surface area contributed by atoms with E-state index in [4.69, 9.17) is 22.5 Å². The number of rotatable bonds is 1. The standard InChI is InChI=1S/C7H7ClN2O2/c8-4-2-1-3-5(9)6(4)7(11)10-12/h1-3,12H,9H2,(H,10,11). The molecule has 1 amide bonds. The van der Waals surface area contributed by atoms with Gasteiger partial charge in [-0.15, -0.1) is 0 Å². The Balaban J connectivity index is 3.21. The lowest BCUT2D eigenvalue weighted by atomic mass is 10.2. The smallest absolute Gasteiger partial charge is 0.278 e. The average molecular weight is 187 g/mol. The minimum atomic E-state index is -0.710. The first-order chi connectivity index (χ1) is 5.66. The van der Waals surface area contributed by atoms with E-state index in [1.165, 1.54) is 17.6 Å². The summed E-state index contributed by atoms with van der Waals surface area (Å²) in [5.74, 6) is -0.710. The second-order valence-corrected chi connectivity index (χ2v) is 2.55. The maximum Gasteiger partial charge on any atom is 0.278 e. The van der Waals surface area contributed by atoms with Gasteiger partial charge in [-0.25, -0.2) is 5.48 Å². The molecule has 1 aromatic rings. The molecule has 0 aliphatic heterocycles. The zero-order chi connectivity index (χ0) is 9.14. The van der Waals surface area contributed by atoms with E-state index in [1.54, 1.807) is 6.07 Å². The van der Waals surface area contributed by atoms with E-state index >= 15 is 0 Å². The number of benzene rings is 1. The summed E-state index contributed by atoms with van der Waals surface area (Å²) < 4.78 is 0. The molecule has 0 aliphatic rings. The van der Waals surface area contributed by atoms with Gasteiger partial charge in [-0.1, -0.05) is 17.7 Å². The highest BCUT2D eigenvalue weighted by atomic mass is 35.5. The quantitative estimate of drug-likeness (QED) is 0.349. The molecule has 4 nitrogen and oxygen atoms in total. The summed E-state index contributed by atoms with van der Waals surface area (Å²) in [6.45, 7) is 0. The van der Waals surface area contributed by atoms with E-state index in [-0.39, 0.29) is 16.3 Å². The van der Waals surface area contributed by atoms with E-state index in [0.29, 0.717) is 0 Å². The maximum absolute atomic E-state index is 10.9. The highest BCUT2D eigenvalue weighted by Crippen LogP contribution is 2.21. The molecule has 0 radical (unpaired) electrons. The van der Waals surface area contributed by atoms with E-state index in [1.807, 2.05) is 0 Å². The second kappa shape index (κ2) is 3.42. The average Bonchev–Trinajstić information content (AvgIpc) is 2.03. The van der Waals surface area contributed by atoms with Crippen LogP contribution in [0.3, 0.4) is 0 Å². The van der Waals surface area contributed by atoms with E-state index in [2.05, 4.69) is 0 Å². The van der Waals surface area contributed by atoms with Crippen molar-refractivity contribution in [3.63, 3.8) is 0 Å². The van der Waals surface area contributed by atoms with Gasteiger partial charge in [-0.3, -0.25) is 10.0 Å². The third-order valence-corrected chi connectivity index (χ3v) is 1.69. The van der Waals surface area contributed by atoms with E-state index in [0.717, 1.165) is 0 Å². The summed E-state index contributed by atoms with van der Waals surface area (Å²) in [4.78, 5) is 10.9. The monoisotopic (exact) mass is 186 g/mol. The van der Waals surface area contributed by atoms with Gasteiger partial charge >= 0.3 is 0 Å². The molecule has 12 heavy (non-hydrogen) atoms. The van der Waals surface area contributed by atoms with Crippen molar-refractivity contribution in [2.24, 2.45) is 0 Å². The number of carbonyl (C=O) groups is 1. The Morgan fingerprint density at radius 3 is 2.75 bits per heavy atom. The van der Waals surface area contributed by atoms with Crippen LogP contribution in [0.5, 0.6) is 0 Å². The molecule has 4 N–H and O–H groups in total. The number of hydrogen-bond acceptors (Lipinski definition) is 3. The highest BCUT2D eigenvalue weighted by molar-refractivity contribution is 6.34. The van der Waals surface area contributed by atoms with Gasteiger partial charge in [0, 0.05) is 5.69 Å². The molecule has 0 unspecified atom stereocenters. The Morgan fingerprint density at radius 1 is 1.58 bits per heavy atom. The minimum Gasteiger partial charge on any atom is -0.398 e. The molecule has 0 saturated heterocycles. The highest BCUT2D eigenvalue weighted by Gasteiger charge is 2.11. The molecule has 0 heterocycles. The van der Waals surface area contributed by atoms with E-state index < -0.39 is 5.91 Å². The van der Waals surface area contributed by atoms with Crippen LogP contribution in [0.1, 0.15) is 10.4 Å². The predicted octanol–water partition coefficient (Wildman–Crippen LogP) is 1.04. The van der Waals surface area contributed by atoms with Crippen LogP contribution in [0.15, 0.2) is 18.2 Å². The first kappa shape index (κ1) is 8.83. The SMILES string of the molecule is Nc1cccc(Cl)c1C(=O)NO. The van der Waals surface area contributed by atoms with Crippen LogP contribution in [0, 0.1) is 0 Å². The number of hydrogen-bond donors (Lipinski definition) is 3. The Hall–Kier alpha value is -1.26. The van der Waals surface area contributed by atoms with Gasteiger partial charge in [0.15, 0.2) is 0 Å². The van der Waals surface area contributed by atoms with Crippen LogP contribution in [0.2, 0.25) is 5.02 Å². The fraction of sp³-hybridized carbons (Fsp3) is 0. The summed E-state index contributed by atoms with van der Waals surface area (Å²) in [7, 11) is 0. The molecule has 5 heteroatoms. The fourth-order valence-electron chi connectivity index (χ4n) is 0.836. The zero-order valence-corrected chi connectivity index (χ0v) is 6.80. The molecule has 0 aromatic heterocycles. The number of anilines is 1. The van der Waals surface area contributed by atoms with Gasteiger partial charge in [0.2, 0.25) is 0 Å². The third kappa shape index (κ3) is 1.49. The van der Waals surface area contributed by atoms with Gasteiger partial charge in [0.1, 0.15) is 0 Å². The number of nitrogen functional groups attached to an aromatic ring is 1. The van der Waals surface area contributed by atoms with Gasteiger partial charge in [-0.2, -0.15) is 0 Å². The van der Waals surface area contributed by atoms with Crippen molar-refractivity contribution in [1.29, 1.82) is 0 Å². The van der Waals surface area contributed by atoms with Crippen LogP contribution in [-0.4, -0.2) is 11.1 Å². The first-order valence-corrected chi connectivity index (χ1v) is 3.53. The van der Waals surface area contributed by atoms with Crippen LogP contribution < -0.4 is 11.2 Å².